The number of rotatable bonds is 1. The smallest absolute Gasteiger partial charge is 0.0972 e. The third kappa shape index (κ3) is 1.96. The van der Waals surface area contributed by atoms with Gasteiger partial charge < -0.3 is 0 Å². The van der Waals surface area contributed by atoms with Crippen LogP contribution in [0.4, 0.5) is 0 Å². The SMILES string of the molecule is Cc1cccc(-c2cccc3nc4ccccc4nc23)c1C. The lowest BCUT2D eigenvalue weighted by molar-refractivity contribution is 1.33. The molecule has 0 spiro atoms. The van der Waals surface area contributed by atoms with Crippen molar-refractivity contribution in [2.24, 2.45) is 0 Å². The van der Waals surface area contributed by atoms with Gasteiger partial charge in [0.2, 0.25) is 0 Å². The maximum atomic E-state index is 4.86. The van der Waals surface area contributed by atoms with E-state index in [4.69, 9.17) is 9.97 Å². The minimum atomic E-state index is 0.938. The zero-order valence-electron chi connectivity index (χ0n) is 12.7. The summed E-state index contributed by atoms with van der Waals surface area (Å²) in [6, 6.07) is 20.7. The number of benzene rings is 3. The van der Waals surface area contributed by atoms with Crippen LogP contribution < -0.4 is 0 Å². The van der Waals surface area contributed by atoms with Crippen molar-refractivity contribution in [1.82, 2.24) is 9.97 Å². The number of para-hydroxylation sites is 3. The van der Waals surface area contributed by atoms with E-state index in [1.54, 1.807) is 0 Å². The average molecular weight is 284 g/mol. The number of nitrogens with zero attached hydrogens (tertiary/aromatic N) is 2. The Morgan fingerprint density at radius 3 is 2.05 bits per heavy atom. The summed E-state index contributed by atoms with van der Waals surface area (Å²) in [6.45, 7) is 4.31. The summed E-state index contributed by atoms with van der Waals surface area (Å²) < 4.78 is 0. The molecule has 0 aliphatic carbocycles. The summed E-state index contributed by atoms with van der Waals surface area (Å²) >= 11 is 0. The summed E-state index contributed by atoms with van der Waals surface area (Å²) in [4.78, 5) is 9.62. The second kappa shape index (κ2) is 4.92. The largest absolute Gasteiger partial charge is 0.244 e. The molecule has 0 radical (unpaired) electrons. The van der Waals surface area contributed by atoms with E-state index in [2.05, 4.69) is 44.2 Å². The summed E-state index contributed by atoms with van der Waals surface area (Å²) in [7, 11) is 0. The molecule has 106 valence electrons. The Labute approximate surface area is 129 Å². The zero-order chi connectivity index (χ0) is 15.1. The highest BCUT2D eigenvalue weighted by molar-refractivity contribution is 5.96. The first kappa shape index (κ1) is 13.0. The summed E-state index contributed by atoms with van der Waals surface area (Å²) in [5.74, 6) is 0. The van der Waals surface area contributed by atoms with E-state index in [1.807, 2.05) is 30.3 Å². The Balaban J connectivity index is 2.09. The molecule has 0 aliphatic rings. The predicted octanol–water partition coefficient (Wildman–Crippen LogP) is 5.07. The van der Waals surface area contributed by atoms with Gasteiger partial charge in [-0.3, -0.25) is 0 Å². The van der Waals surface area contributed by atoms with Crippen molar-refractivity contribution in [2.45, 2.75) is 13.8 Å². The Bertz CT molecular complexity index is 1000. The quantitative estimate of drug-likeness (QED) is 0.456. The molecule has 22 heavy (non-hydrogen) atoms. The van der Waals surface area contributed by atoms with Gasteiger partial charge in [-0.1, -0.05) is 42.5 Å². The Kier molecular flexibility index (Phi) is 2.90. The van der Waals surface area contributed by atoms with E-state index < -0.39 is 0 Å². The van der Waals surface area contributed by atoms with Gasteiger partial charge in [0, 0.05) is 5.56 Å². The Hall–Kier alpha value is -2.74. The first-order valence-electron chi connectivity index (χ1n) is 7.46. The van der Waals surface area contributed by atoms with Gasteiger partial charge in [-0.25, -0.2) is 9.97 Å². The number of hydrogen-bond acceptors (Lipinski definition) is 2. The van der Waals surface area contributed by atoms with E-state index in [0.717, 1.165) is 27.6 Å². The topological polar surface area (TPSA) is 25.8 Å². The third-order valence-electron chi connectivity index (χ3n) is 4.26. The standard InChI is InChI=1S/C20H16N2/c1-13-7-5-8-15(14(13)2)16-9-6-12-19-20(16)22-18-11-4-3-10-17(18)21-19/h3-12H,1-2H3. The highest BCUT2D eigenvalue weighted by atomic mass is 14.8. The molecule has 0 saturated heterocycles. The van der Waals surface area contributed by atoms with Gasteiger partial charge in [-0.2, -0.15) is 0 Å². The van der Waals surface area contributed by atoms with Crippen LogP contribution in [0.15, 0.2) is 60.7 Å². The van der Waals surface area contributed by atoms with Crippen LogP contribution in [0.3, 0.4) is 0 Å². The highest BCUT2D eigenvalue weighted by Crippen LogP contribution is 2.31. The van der Waals surface area contributed by atoms with Gasteiger partial charge in [0.05, 0.1) is 22.1 Å². The molecule has 0 saturated carbocycles. The fraction of sp³-hybridized carbons (Fsp3) is 0.100. The molecule has 3 aromatic carbocycles. The minimum absolute atomic E-state index is 0.938. The Morgan fingerprint density at radius 2 is 1.23 bits per heavy atom. The van der Waals surface area contributed by atoms with E-state index in [1.165, 1.54) is 16.7 Å². The van der Waals surface area contributed by atoms with Crippen molar-refractivity contribution in [3.8, 4) is 11.1 Å². The number of hydrogen-bond donors (Lipinski definition) is 0. The molecule has 0 amide bonds. The average Bonchev–Trinajstić information content (AvgIpc) is 2.55. The highest BCUT2D eigenvalue weighted by Gasteiger charge is 2.10. The van der Waals surface area contributed by atoms with Gasteiger partial charge in [0.15, 0.2) is 0 Å². The summed E-state index contributed by atoms with van der Waals surface area (Å²) in [5, 5.41) is 0. The molecule has 2 heteroatoms. The molecular weight excluding hydrogens is 268 g/mol. The monoisotopic (exact) mass is 284 g/mol. The van der Waals surface area contributed by atoms with Crippen LogP contribution in [0, 0.1) is 13.8 Å². The van der Waals surface area contributed by atoms with Crippen LogP contribution in [0.1, 0.15) is 11.1 Å². The molecule has 2 nitrogen and oxygen atoms in total. The molecule has 0 unspecified atom stereocenters. The van der Waals surface area contributed by atoms with Crippen LogP contribution in [0.2, 0.25) is 0 Å². The maximum Gasteiger partial charge on any atom is 0.0972 e. The van der Waals surface area contributed by atoms with Gasteiger partial charge >= 0.3 is 0 Å². The molecule has 1 aromatic heterocycles. The van der Waals surface area contributed by atoms with Crippen molar-refractivity contribution in [3.63, 3.8) is 0 Å². The van der Waals surface area contributed by atoms with Gasteiger partial charge in [0.1, 0.15) is 0 Å². The molecule has 0 bridgehead atoms. The van der Waals surface area contributed by atoms with Gasteiger partial charge in [0.25, 0.3) is 0 Å². The van der Waals surface area contributed by atoms with E-state index in [-0.39, 0.29) is 0 Å². The predicted molar refractivity (Wildman–Crippen MR) is 92.0 cm³/mol. The third-order valence-corrected chi connectivity index (χ3v) is 4.26. The van der Waals surface area contributed by atoms with Gasteiger partial charge in [-0.05, 0) is 48.7 Å². The molecule has 0 atom stereocenters. The number of aryl methyl sites for hydroxylation is 1. The van der Waals surface area contributed by atoms with Crippen LogP contribution in [0.25, 0.3) is 33.2 Å². The molecule has 4 rings (SSSR count). The Morgan fingerprint density at radius 1 is 0.591 bits per heavy atom. The summed E-state index contributed by atoms with van der Waals surface area (Å²) in [6.07, 6.45) is 0. The second-order valence-electron chi connectivity index (χ2n) is 5.63. The van der Waals surface area contributed by atoms with Crippen LogP contribution >= 0.6 is 0 Å². The van der Waals surface area contributed by atoms with Gasteiger partial charge in [-0.15, -0.1) is 0 Å². The van der Waals surface area contributed by atoms with Crippen LogP contribution in [-0.2, 0) is 0 Å². The molecular formula is C20H16N2. The maximum absolute atomic E-state index is 4.86. The molecule has 0 N–H and O–H groups in total. The summed E-state index contributed by atoms with van der Waals surface area (Å²) in [5.41, 5.74) is 8.76. The second-order valence-corrected chi connectivity index (χ2v) is 5.63. The number of aromatic nitrogens is 2. The molecule has 0 aliphatic heterocycles. The van der Waals surface area contributed by atoms with E-state index >= 15 is 0 Å². The van der Waals surface area contributed by atoms with Crippen LogP contribution in [0.5, 0.6) is 0 Å². The lowest BCUT2D eigenvalue weighted by Gasteiger charge is -2.11. The first-order chi connectivity index (χ1) is 10.7. The molecule has 1 heterocycles. The van der Waals surface area contributed by atoms with Crippen molar-refractivity contribution < 1.29 is 0 Å². The fourth-order valence-corrected chi connectivity index (χ4v) is 2.90. The molecule has 0 fully saturated rings. The van der Waals surface area contributed by atoms with Crippen molar-refractivity contribution in [1.29, 1.82) is 0 Å². The van der Waals surface area contributed by atoms with Crippen molar-refractivity contribution >= 4 is 22.1 Å². The van der Waals surface area contributed by atoms with Crippen molar-refractivity contribution in [2.75, 3.05) is 0 Å². The first-order valence-corrected chi connectivity index (χ1v) is 7.46. The van der Waals surface area contributed by atoms with E-state index in [9.17, 15) is 0 Å². The molecule has 4 aromatic rings. The zero-order valence-corrected chi connectivity index (χ0v) is 12.7. The van der Waals surface area contributed by atoms with Crippen molar-refractivity contribution in [3.05, 3.63) is 71.8 Å². The minimum Gasteiger partial charge on any atom is -0.244 e. The normalized spacial score (nSPS) is 11.2. The lowest BCUT2D eigenvalue weighted by Crippen LogP contribution is -1.92. The fourth-order valence-electron chi connectivity index (χ4n) is 2.90. The lowest BCUT2D eigenvalue weighted by atomic mass is 9.96. The van der Waals surface area contributed by atoms with Crippen LogP contribution in [-0.4, -0.2) is 9.97 Å². The number of fused-ring (bicyclic) bond motifs is 2. The van der Waals surface area contributed by atoms with E-state index in [0.29, 0.717) is 0 Å².